The van der Waals surface area contributed by atoms with Gasteiger partial charge >= 0.3 is 0 Å². The van der Waals surface area contributed by atoms with Crippen molar-refractivity contribution >= 4 is 51.3 Å². The second-order valence-corrected chi connectivity index (χ2v) is 9.12. The van der Waals surface area contributed by atoms with E-state index in [-0.39, 0.29) is 22.4 Å². The number of hydrogen-bond donors (Lipinski definition) is 1. The van der Waals surface area contributed by atoms with Crippen LogP contribution < -0.4 is 5.32 Å². The molecule has 0 saturated carbocycles. The lowest BCUT2D eigenvalue weighted by molar-refractivity contribution is 0.0708. The van der Waals surface area contributed by atoms with Gasteiger partial charge in [-0.25, -0.2) is 9.37 Å². The normalized spacial score (nSPS) is 14.7. The van der Waals surface area contributed by atoms with E-state index in [4.69, 9.17) is 11.6 Å². The van der Waals surface area contributed by atoms with Crippen molar-refractivity contribution in [3.8, 4) is 0 Å². The predicted octanol–water partition coefficient (Wildman–Crippen LogP) is 4.97. The number of amides is 2. The van der Waals surface area contributed by atoms with Crippen molar-refractivity contribution in [2.45, 2.75) is 25.7 Å². The summed E-state index contributed by atoms with van der Waals surface area (Å²) in [5.74, 6) is -1.11. The number of carbonyl (C=O) groups excluding carboxylic acids is 2. The molecular formula is C20H18ClFN4O2S2. The summed E-state index contributed by atoms with van der Waals surface area (Å²) in [7, 11) is 0. The highest BCUT2D eigenvalue weighted by atomic mass is 35.5. The van der Waals surface area contributed by atoms with Gasteiger partial charge in [-0.05, 0) is 49.5 Å². The fourth-order valence-corrected chi connectivity index (χ4v) is 5.24. The van der Waals surface area contributed by atoms with Crippen molar-refractivity contribution in [3.05, 3.63) is 62.4 Å². The van der Waals surface area contributed by atoms with E-state index >= 15 is 0 Å². The summed E-state index contributed by atoms with van der Waals surface area (Å²) < 4.78 is 18.2. The molecule has 1 aromatic carbocycles. The molecule has 1 N–H and O–H groups in total. The van der Waals surface area contributed by atoms with Crippen LogP contribution in [0.1, 0.15) is 50.3 Å². The van der Waals surface area contributed by atoms with E-state index in [0.717, 1.165) is 10.7 Å². The van der Waals surface area contributed by atoms with Crippen LogP contribution in [0.15, 0.2) is 29.6 Å². The Morgan fingerprint density at radius 2 is 2.07 bits per heavy atom. The van der Waals surface area contributed by atoms with Gasteiger partial charge in [-0.3, -0.25) is 9.59 Å². The second kappa shape index (κ2) is 8.79. The zero-order valence-corrected chi connectivity index (χ0v) is 18.4. The Kier molecular flexibility index (Phi) is 6.12. The number of benzene rings is 1. The molecule has 0 atom stereocenters. The van der Waals surface area contributed by atoms with E-state index in [9.17, 15) is 14.0 Å². The minimum absolute atomic E-state index is 0.0795. The number of halogens is 2. The van der Waals surface area contributed by atoms with Crippen molar-refractivity contribution in [3.63, 3.8) is 0 Å². The molecule has 0 unspecified atom stereocenters. The van der Waals surface area contributed by atoms with E-state index in [1.165, 1.54) is 41.1 Å². The summed E-state index contributed by atoms with van der Waals surface area (Å²) in [6, 6.07) is 6.04. The predicted molar refractivity (Wildman–Crippen MR) is 116 cm³/mol. The smallest absolute Gasteiger partial charge is 0.275 e. The number of anilines is 1. The molecule has 1 aliphatic rings. The first-order valence-electron chi connectivity index (χ1n) is 9.35. The van der Waals surface area contributed by atoms with Crippen LogP contribution in [0.3, 0.4) is 0 Å². The summed E-state index contributed by atoms with van der Waals surface area (Å²) in [5, 5.41) is 6.23. The Balaban J connectivity index is 1.38. The second-order valence-electron chi connectivity index (χ2n) is 7.02. The maximum Gasteiger partial charge on any atom is 0.275 e. The quantitative estimate of drug-likeness (QED) is 0.591. The molecule has 3 aromatic rings. The highest BCUT2D eigenvalue weighted by molar-refractivity contribution is 7.10. The molecule has 1 fully saturated rings. The number of aromatic nitrogens is 2. The molecule has 30 heavy (non-hydrogen) atoms. The number of piperidine rings is 1. The Morgan fingerprint density at radius 3 is 2.73 bits per heavy atom. The standard InChI is InChI=1S/C20H18ClFN4O2S2/c1-11-9-16(30-25-11)24-18(27)15-10-29-19(23-15)12-5-7-26(8-6-12)20(28)17-13(21)3-2-4-14(17)22/h2-4,9-10,12H,5-8H2,1H3,(H,24,27). The van der Waals surface area contributed by atoms with Crippen LogP contribution in [0.5, 0.6) is 0 Å². The molecule has 1 saturated heterocycles. The van der Waals surface area contributed by atoms with Gasteiger partial charge < -0.3 is 10.2 Å². The van der Waals surface area contributed by atoms with Crippen molar-refractivity contribution in [1.82, 2.24) is 14.3 Å². The van der Waals surface area contributed by atoms with Crippen LogP contribution in [0.2, 0.25) is 5.02 Å². The fourth-order valence-electron chi connectivity index (χ4n) is 3.37. The minimum atomic E-state index is -0.610. The molecule has 1 aliphatic heterocycles. The lowest BCUT2D eigenvalue weighted by atomic mass is 9.97. The topological polar surface area (TPSA) is 75.2 Å². The number of aryl methyl sites for hydroxylation is 1. The van der Waals surface area contributed by atoms with Gasteiger partial charge in [-0.15, -0.1) is 11.3 Å². The molecule has 6 nitrogen and oxygen atoms in total. The average Bonchev–Trinajstić information content (AvgIpc) is 3.37. The minimum Gasteiger partial charge on any atom is -0.338 e. The molecule has 10 heteroatoms. The van der Waals surface area contributed by atoms with Crippen LogP contribution in [-0.2, 0) is 0 Å². The first kappa shape index (κ1) is 20.9. The summed E-state index contributed by atoms with van der Waals surface area (Å²) >= 11 is 8.70. The summed E-state index contributed by atoms with van der Waals surface area (Å²) in [6.45, 7) is 2.83. The third kappa shape index (κ3) is 4.38. The van der Waals surface area contributed by atoms with Gasteiger partial charge in [-0.2, -0.15) is 4.37 Å². The third-order valence-electron chi connectivity index (χ3n) is 4.93. The van der Waals surface area contributed by atoms with Gasteiger partial charge in [0.2, 0.25) is 0 Å². The highest BCUT2D eigenvalue weighted by Gasteiger charge is 2.29. The van der Waals surface area contributed by atoms with E-state index in [2.05, 4.69) is 14.7 Å². The van der Waals surface area contributed by atoms with Crippen LogP contribution in [-0.4, -0.2) is 39.2 Å². The molecule has 0 radical (unpaired) electrons. The number of carbonyl (C=O) groups is 2. The molecule has 4 rings (SSSR count). The lowest BCUT2D eigenvalue weighted by Gasteiger charge is -2.31. The molecule has 3 heterocycles. The van der Waals surface area contributed by atoms with Crippen LogP contribution in [0.25, 0.3) is 0 Å². The largest absolute Gasteiger partial charge is 0.338 e. The molecule has 0 spiro atoms. The Labute approximate surface area is 185 Å². The number of likely N-dealkylation sites (tertiary alicyclic amines) is 1. The monoisotopic (exact) mass is 464 g/mol. The fraction of sp³-hybridized carbons (Fsp3) is 0.300. The number of nitrogens with one attached hydrogen (secondary N) is 1. The molecule has 2 amide bonds. The highest BCUT2D eigenvalue weighted by Crippen LogP contribution is 2.32. The summed E-state index contributed by atoms with van der Waals surface area (Å²) in [6.07, 6.45) is 1.39. The number of rotatable bonds is 4. The lowest BCUT2D eigenvalue weighted by Crippen LogP contribution is -2.38. The molecule has 2 aromatic heterocycles. The molecular weight excluding hydrogens is 447 g/mol. The average molecular weight is 465 g/mol. The van der Waals surface area contributed by atoms with Crippen molar-refractivity contribution in [2.24, 2.45) is 0 Å². The number of nitrogens with zero attached hydrogens (tertiary/aromatic N) is 3. The van der Waals surface area contributed by atoms with E-state index in [0.29, 0.717) is 36.6 Å². The van der Waals surface area contributed by atoms with Crippen molar-refractivity contribution in [1.29, 1.82) is 0 Å². The zero-order valence-electron chi connectivity index (χ0n) is 16.0. The third-order valence-corrected chi connectivity index (χ3v) is 7.05. The maximum absolute atomic E-state index is 14.1. The Morgan fingerprint density at radius 1 is 1.30 bits per heavy atom. The Bertz CT molecular complexity index is 1070. The van der Waals surface area contributed by atoms with Crippen molar-refractivity contribution in [2.75, 3.05) is 18.4 Å². The number of hydrogen-bond acceptors (Lipinski definition) is 6. The summed E-state index contributed by atoms with van der Waals surface area (Å²) in [4.78, 5) is 31.2. The van der Waals surface area contributed by atoms with Crippen molar-refractivity contribution < 1.29 is 14.0 Å². The van der Waals surface area contributed by atoms with Gasteiger partial charge in [0.05, 0.1) is 21.3 Å². The first-order valence-corrected chi connectivity index (χ1v) is 11.4. The summed E-state index contributed by atoms with van der Waals surface area (Å²) in [5.41, 5.74) is 1.15. The SMILES string of the molecule is Cc1cc(NC(=O)c2csc(C3CCN(C(=O)c4c(F)cccc4Cl)CC3)n2)sn1. The van der Waals surface area contributed by atoms with E-state index in [1.54, 1.807) is 10.3 Å². The van der Waals surface area contributed by atoms with E-state index < -0.39 is 11.7 Å². The zero-order chi connectivity index (χ0) is 21.3. The molecule has 156 valence electrons. The van der Waals surface area contributed by atoms with Crippen LogP contribution in [0, 0.1) is 12.7 Å². The van der Waals surface area contributed by atoms with E-state index in [1.807, 2.05) is 13.0 Å². The van der Waals surface area contributed by atoms with Crippen LogP contribution >= 0.6 is 34.5 Å². The number of thiazole rings is 1. The van der Waals surface area contributed by atoms with Crippen LogP contribution in [0.4, 0.5) is 9.39 Å². The van der Waals surface area contributed by atoms with Gasteiger partial charge in [0, 0.05) is 24.4 Å². The van der Waals surface area contributed by atoms with Gasteiger partial charge in [0.25, 0.3) is 11.8 Å². The van der Waals surface area contributed by atoms with Gasteiger partial charge in [0.15, 0.2) is 0 Å². The van der Waals surface area contributed by atoms with Gasteiger partial charge in [-0.1, -0.05) is 17.7 Å². The molecule has 0 aliphatic carbocycles. The maximum atomic E-state index is 14.1. The Hall–Kier alpha value is -2.36. The van der Waals surface area contributed by atoms with Gasteiger partial charge in [0.1, 0.15) is 16.5 Å². The molecule has 0 bridgehead atoms. The first-order chi connectivity index (χ1) is 14.4.